The third-order valence-corrected chi connectivity index (χ3v) is 7.36. The van der Waals surface area contributed by atoms with Crippen LogP contribution in [0.15, 0.2) is 102 Å². The zero-order valence-electron chi connectivity index (χ0n) is 18.1. The van der Waals surface area contributed by atoms with Crippen molar-refractivity contribution in [3.8, 4) is 11.4 Å². The fourth-order valence-electron chi connectivity index (χ4n) is 3.79. The second-order valence-corrected chi connectivity index (χ2v) is 9.64. The molecule has 0 aliphatic carbocycles. The number of nitrogens with zero attached hydrogens (tertiary/aromatic N) is 3. The van der Waals surface area contributed by atoms with E-state index in [0.717, 1.165) is 11.3 Å². The number of hydrogen-bond donors (Lipinski definition) is 1. The molecule has 1 amide bonds. The van der Waals surface area contributed by atoms with Crippen molar-refractivity contribution in [3.63, 3.8) is 0 Å². The van der Waals surface area contributed by atoms with Crippen molar-refractivity contribution in [2.24, 2.45) is 0 Å². The average molecular weight is 475 g/mol. The zero-order chi connectivity index (χ0) is 23.5. The number of imidazole rings is 1. The number of sulfonamides is 1. The van der Waals surface area contributed by atoms with Gasteiger partial charge in [0, 0.05) is 24.6 Å². The highest BCUT2D eigenvalue weighted by atomic mass is 32.2. The van der Waals surface area contributed by atoms with Gasteiger partial charge in [-0.15, -0.1) is 0 Å². The summed E-state index contributed by atoms with van der Waals surface area (Å²) < 4.78 is 35.7. The van der Waals surface area contributed by atoms with Crippen LogP contribution in [0, 0.1) is 0 Å². The van der Waals surface area contributed by atoms with Crippen LogP contribution in [0.25, 0.3) is 5.69 Å². The minimum atomic E-state index is -3.87. The van der Waals surface area contributed by atoms with Crippen LogP contribution in [0.1, 0.15) is 5.56 Å². The van der Waals surface area contributed by atoms with E-state index < -0.39 is 16.1 Å². The Bertz CT molecular complexity index is 1390. The second-order valence-electron chi connectivity index (χ2n) is 7.78. The van der Waals surface area contributed by atoms with Gasteiger partial charge in [0.15, 0.2) is 6.10 Å². The number of fused-ring (bicyclic) bond motifs is 1. The maximum Gasteiger partial charge on any atom is 0.264 e. The van der Waals surface area contributed by atoms with E-state index in [4.69, 9.17) is 4.74 Å². The third kappa shape index (κ3) is 4.25. The molecule has 4 aromatic rings. The zero-order valence-corrected chi connectivity index (χ0v) is 18.9. The van der Waals surface area contributed by atoms with E-state index in [1.165, 1.54) is 16.4 Å². The molecule has 1 atom stereocenters. The molecule has 34 heavy (non-hydrogen) atoms. The first-order valence-electron chi connectivity index (χ1n) is 10.7. The van der Waals surface area contributed by atoms with Gasteiger partial charge in [-0.05, 0) is 42.0 Å². The van der Waals surface area contributed by atoms with Gasteiger partial charge in [0.2, 0.25) is 0 Å². The minimum Gasteiger partial charge on any atom is -0.476 e. The minimum absolute atomic E-state index is 0.125. The molecule has 9 heteroatoms. The van der Waals surface area contributed by atoms with E-state index in [2.05, 4.69) is 10.3 Å². The van der Waals surface area contributed by atoms with Crippen LogP contribution in [0.3, 0.4) is 0 Å². The monoisotopic (exact) mass is 474 g/mol. The summed E-state index contributed by atoms with van der Waals surface area (Å²) in [4.78, 5) is 17.2. The third-order valence-electron chi connectivity index (χ3n) is 5.56. The second kappa shape index (κ2) is 9.03. The summed E-state index contributed by atoms with van der Waals surface area (Å²) in [7, 11) is -3.87. The smallest absolute Gasteiger partial charge is 0.264 e. The quantitative estimate of drug-likeness (QED) is 0.463. The van der Waals surface area contributed by atoms with Crippen molar-refractivity contribution in [2.75, 3.05) is 10.8 Å². The number of para-hydroxylation sites is 2. The molecule has 5 rings (SSSR count). The maximum absolute atomic E-state index is 13.4. The maximum atomic E-state index is 13.4. The largest absolute Gasteiger partial charge is 0.476 e. The van der Waals surface area contributed by atoms with Crippen molar-refractivity contribution in [1.29, 1.82) is 0 Å². The molecule has 1 aliphatic rings. The summed E-state index contributed by atoms with van der Waals surface area (Å²) in [5.41, 5.74) is 2.27. The molecular formula is C25H22N4O4S. The highest BCUT2D eigenvalue weighted by molar-refractivity contribution is 7.92. The Balaban J connectivity index is 1.32. The van der Waals surface area contributed by atoms with Crippen molar-refractivity contribution >= 4 is 21.6 Å². The molecule has 0 saturated heterocycles. The number of hydrogen-bond acceptors (Lipinski definition) is 5. The molecule has 0 fully saturated rings. The van der Waals surface area contributed by atoms with Crippen molar-refractivity contribution in [3.05, 3.63) is 103 Å². The summed E-state index contributed by atoms with van der Waals surface area (Å²) in [5.74, 6) is -0.0421. The average Bonchev–Trinajstić information content (AvgIpc) is 3.42. The molecule has 3 aromatic carbocycles. The fraction of sp³-hybridized carbons (Fsp3) is 0.120. The number of ether oxygens (including phenoxy) is 1. The van der Waals surface area contributed by atoms with Gasteiger partial charge in [-0.2, -0.15) is 0 Å². The Morgan fingerprint density at radius 1 is 1.00 bits per heavy atom. The van der Waals surface area contributed by atoms with Crippen molar-refractivity contribution in [1.82, 2.24) is 14.9 Å². The van der Waals surface area contributed by atoms with E-state index in [1.54, 1.807) is 55.0 Å². The summed E-state index contributed by atoms with van der Waals surface area (Å²) in [6, 6.07) is 22.7. The van der Waals surface area contributed by atoms with E-state index in [-0.39, 0.29) is 23.9 Å². The van der Waals surface area contributed by atoms with Gasteiger partial charge >= 0.3 is 0 Å². The number of nitrogens with one attached hydrogen (secondary N) is 1. The molecule has 0 bridgehead atoms. The fourth-order valence-corrected chi connectivity index (χ4v) is 5.28. The first-order valence-corrected chi connectivity index (χ1v) is 12.1. The van der Waals surface area contributed by atoms with Crippen LogP contribution in [0.2, 0.25) is 0 Å². The Hall–Kier alpha value is -4.11. The number of anilines is 1. The Morgan fingerprint density at radius 2 is 1.74 bits per heavy atom. The molecular weight excluding hydrogens is 452 g/mol. The lowest BCUT2D eigenvalue weighted by atomic mass is 10.2. The summed E-state index contributed by atoms with van der Waals surface area (Å²) in [6.45, 7) is 0.162. The van der Waals surface area contributed by atoms with Gasteiger partial charge in [-0.1, -0.05) is 42.5 Å². The van der Waals surface area contributed by atoms with Crippen LogP contribution in [0.5, 0.6) is 5.75 Å². The van der Waals surface area contributed by atoms with E-state index in [0.29, 0.717) is 11.4 Å². The van der Waals surface area contributed by atoms with Gasteiger partial charge < -0.3 is 14.6 Å². The highest BCUT2D eigenvalue weighted by Gasteiger charge is 2.37. The topological polar surface area (TPSA) is 93.5 Å². The SMILES string of the molecule is O=C(NCc1ccc(-n2ccnc2)cc1)[C@H]1CN(S(=O)(=O)c2ccccc2)c2ccccc2O1. The summed E-state index contributed by atoms with van der Waals surface area (Å²) >= 11 is 0. The van der Waals surface area contributed by atoms with Crippen LogP contribution >= 0.6 is 0 Å². The molecule has 0 spiro atoms. The van der Waals surface area contributed by atoms with E-state index in [9.17, 15) is 13.2 Å². The number of amides is 1. The van der Waals surface area contributed by atoms with Gasteiger partial charge in [-0.3, -0.25) is 9.10 Å². The van der Waals surface area contributed by atoms with Crippen LogP contribution in [-0.2, 0) is 21.4 Å². The highest BCUT2D eigenvalue weighted by Crippen LogP contribution is 2.36. The number of carbonyl (C=O) groups excluding carboxylic acids is 1. The van der Waals surface area contributed by atoms with E-state index in [1.807, 2.05) is 35.0 Å². The Kier molecular flexibility index (Phi) is 5.77. The predicted molar refractivity (Wildman–Crippen MR) is 127 cm³/mol. The van der Waals surface area contributed by atoms with Gasteiger partial charge in [0.1, 0.15) is 5.75 Å². The molecule has 2 heterocycles. The van der Waals surface area contributed by atoms with Gasteiger partial charge in [0.25, 0.3) is 15.9 Å². The van der Waals surface area contributed by atoms with Gasteiger partial charge in [0.05, 0.1) is 23.5 Å². The normalized spacial score (nSPS) is 15.3. The summed E-state index contributed by atoms with van der Waals surface area (Å²) in [6.07, 6.45) is 4.28. The number of rotatable bonds is 6. The number of aromatic nitrogens is 2. The van der Waals surface area contributed by atoms with Gasteiger partial charge in [-0.25, -0.2) is 13.4 Å². The molecule has 1 N–H and O–H groups in total. The molecule has 1 aromatic heterocycles. The lowest BCUT2D eigenvalue weighted by Gasteiger charge is -2.34. The van der Waals surface area contributed by atoms with Crippen molar-refractivity contribution < 1.29 is 17.9 Å². The molecule has 8 nitrogen and oxygen atoms in total. The first-order chi connectivity index (χ1) is 16.5. The Labute approximate surface area is 197 Å². The number of benzene rings is 3. The molecule has 0 unspecified atom stereocenters. The van der Waals surface area contributed by atoms with Crippen molar-refractivity contribution in [2.45, 2.75) is 17.5 Å². The predicted octanol–water partition coefficient (Wildman–Crippen LogP) is 3.15. The van der Waals surface area contributed by atoms with Crippen LogP contribution in [0.4, 0.5) is 5.69 Å². The van der Waals surface area contributed by atoms with E-state index >= 15 is 0 Å². The summed E-state index contributed by atoms with van der Waals surface area (Å²) in [5, 5.41) is 2.86. The molecule has 1 aliphatic heterocycles. The lowest BCUT2D eigenvalue weighted by molar-refractivity contribution is -0.127. The van der Waals surface area contributed by atoms with Crippen LogP contribution in [-0.4, -0.2) is 36.5 Å². The first kappa shape index (κ1) is 21.7. The molecule has 0 radical (unpaired) electrons. The molecule has 0 saturated carbocycles. The molecule has 172 valence electrons. The number of carbonyl (C=O) groups is 1. The Morgan fingerprint density at radius 3 is 2.47 bits per heavy atom. The lowest BCUT2D eigenvalue weighted by Crippen LogP contribution is -2.50. The standard InChI is InChI=1S/C25H22N4O4S/c30-25(27-16-19-10-12-20(13-11-19)28-15-14-26-18-28)24-17-29(22-8-4-5-9-23(22)33-24)34(31,32)21-6-2-1-3-7-21/h1-15,18,24H,16-17H2,(H,27,30)/t24-/m1/s1. The van der Waals surface area contributed by atoms with Crippen LogP contribution < -0.4 is 14.4 Å².